The molecule has 0 aromatic rings. The van der Waals surface area contributed by atoms with E-state index in [4.69, 9.17) is 0 Å². The zero-order chi connectivity index (χ0) is 17.9. The molecule has 0 nitrogen and oxygen atoms in total. The molecule has 0 fully saturated rings. The Morgan fingerprint density at radius 3 is 1.79 bits per heavy atom. The molecule has 2 aliphatic heterocycles. The SMILES string of the molecule is CC1=C(C#CC[SiH](C)C)SC(=C2SC(C)=C(C#C[Si](C)(C)C)S2)S1. The molecule has 2 rings (SSSR count). The molecule has 0 bridgehead atoms. The van der Waals surface area contributed by atoms with Crippen molar-refractivity contribution in [2.75, 3.05) is 0 Å². The van der Waals surface area contributed by atoms with Crippen LogP contribution < -0.4 is 0 Å². The number of hydrogen-bond donors (Lipinski definition) is 0. The average Bonchev–Trinajstić information content (AvgIpc) is 2.99. The molecule has 2 heterocycles. The Morgan fingerprint density at radius 2 is 1.33 bits per heavy atom. The molecule has 0 radical (unpaired) electrons. The van der Waals surface area contributed by atoms with Gasteiger partial charge in [0.05, 0.1) is 18.3 Å². The number of hydrogen-bond acceptors (Lipinski definition) is 4. The fourth-order valence-corrected chi connectivity index (χ4v) is 7.96. The van der Waals surface area contributed by atoms with Gasteiger partial charge in [-0.25, -0.2) is 0 Å². The normalized spacial score (nSPS) is 21.2. The van der Waals surface area contributed by atoms with Gasteiger partial charge >= 0.3 is 0 Å². The van der Waals surface area contributed by atoms with Crippen LogP contribution in [0.2, 0.25) is 38.8 Å². The minimum absolute atomic E-state index is 0.579. The Hall–Kier alpha value is 0.174. The van der Waals surface area contributed by atoms with Crippen molar-refractivity contribution in [1.82, 2.24) is 0 Å². The lowest BCUT2D eigenvalue weighted by Crippen LogP contribution is -2.16. The fraction of sp³-hybridized carbons (Fsp3) is 0.444. The van der Waals surface area contributed by atoms with E-state index < -0.39 is 16.9 Å². The predicted octanol–water partition coefficient (Wildman–Crippen LogP) is 6.91. The van der Waals surface area contributed by atoms with Gasteiger partial charge in [-0.15, -0.1) is 11.5 Å². The van der Waals surface area contributed by atoms with Crippen molar-refractivity contribution in [3.05, 3.63) is 28.1 Å². The van der Waals surface area contributed by atoms with Crippen molar-refractivity contribution < 1.29 is 0 Å². The average molecular weight is 425 g/mol. The third-order valence-corrected chi connectivity index (χ3v) is 10.4. The molecule has 24 heavy (non-hydrogen) atoms. The molecule has 0 amide bonds. The van der Waals surface area contributed by atoms with E-state index in [1.54, 1.807) is 0 Å². The van der Waals surface area contributed by atoms with Gasteiger partial charge in [-0.1, -0.05) is 91.6 Å². The second-order valence-corrected chi connectivity index (χ2v) is 20.1. The van der Waals surface area contributed by atoms with Crippen LogP contribution in [0, 0.1) is 23.3 Å². The van der Waals surface area contributed by atoms with Gasteiger partial charge in [0.2, 0.25) is 0 Å². The van der Waals surface area contributed by atoms with Crippen molar-refractivity contribution in [3.63, 3.8) is 0 Å². The third-order valence-electron chi connectivity index (χ3n) is 2.95. The largest absolute Gasteiger partial charge is 0.129 e. The molecule has 6 heteroatoms. The molecule has 0 saturated carbocycles. The summed E-state index contributed by atoms with van der Waals surface area (Å²) >= 11 is 7.46. The molecule has 0 aromatic heterocycles. The van der Waals surface area contributed by atoms with Gasteiger partial charge < -0.3 is 0 Å². The first kappa shape index (κ1) is 20.5. The van der Waals surface area contributed by atoms with Crippen LogP contribution >= 0.6 is 47.0 Å². The van der Waals surface area contributed by atoms with E-state index in [0.29, 0.717) is 0 Å². The smallest absolute Gasteiger partial charge is 0.126 e. The number of thioether (sulfide) groups is 4. The molecule has 0 N–H and O–H groups in total. The van der Waals surface area contributed by atoms with E-state index in [-0.39, 0.29) is 0 Å². The lowest BCUT2D eigenvalue weighted by atomic mass is 10.5. The van der Waals surface area contributed by atoms with Gasteiger partial charge in [-0.3, -0.25) is 0 Å². The minimum atomic E-state index is -1.32. The molecule has 128 valence electrons. The fourth-order valence-electron chi connectivity index (χ4n) is 1.72. The minimum Gasteiger partial charge on any atom is -0.126 e. The summed E-state index contributed by atoms with van der Waals surface area (Å²) in [5.41, 5.74) is 3.49. The highest BCUT2D eigenvalue weighted by molar-refractivity contribution is 8.34. The highest BCUT2D eigenvalue weighted by Crippen LogP contribution is 2.59. The molecule has 0 atom stereocenters. The summed E-state index contributed by atoms with van der Waals surface area (Å²) in [6.07, 6.45) is 0. The second-order valence-electron chi connectivity index (χ2n) is 7.15. The van der Waals surface area contributed by atoms with Crippen LogP contribution in [0.15, 0.2) is 28.1 Å². The Bertz CT molecular complexity index is 744. The predicted molar refractivity (Wildman–Crippen MR) is 125 cm³/mol. The van der Waals surface area contributed by atoms with Crippen LogP contribution in [0.4, 0.5) is 0 Å². The summed E-state index contributed by atoms with van der Waals surface area (Å²) in [5.74, 6) is 10.2. The summed E-state index contributed by atoms with van der Waals surface area (Å²) in [6.45, 7) is 16.0. The maximum absolute atomic E-state index is 3.49. The highest BCUT2D eigenvalue weighted by atomic mass is 32.2. The maximum Gasteiger partial charge on any atom is 0.129 e. The van der Waals surface area contributed by atoms with Crippen LogP contribution in [-0.4, -0.2) is 16.9 Å². The summed E-state index contributed by atoms with van der Waals surface area (Å²) in [6, 6.07) is 1.11. The van der Waals surface area contributed by atoms with E-state index in [1.807, 2.05) is 47.0 Å². The zero-order valence-electron chi connectivity index (χ0n) is 15.4. The Kier molecular flexibility index (Phi) is 7.43. The van der Waals surface area contributed by atoms with Crippen molar-refractivity contribution in [3.8, 4) is 23.3 Å². The molecule has 0 saturated heterocycles. The van der Waals surface area contributed by atoms with Gasteiger partial charge in [0.25, 0.3) is 0 Å². The van der Waals surface area contributed by atoms with Crippen molar-refractivity contribution in [2.24, 2.45) is 0 Å². The van der Waals surface area contributed by atoms with Gasteiger partial charge in [-0.2, -0.15) is 0 Å². The molecular formula is C18H24S4Si2. The molecule has 2 aliphatic rings. The maximum atomic E-state index is 3.49. The Balaban J connectivity index is 2.09. The Labute approximate surface area is 167 Å². The Morgan fingerprint density at radius 1 is 0.833 bits per heavy atom. The van der Waals surface area contributed by atoms with Gasteiger partial charge in [0.1, 0.15) is 8.07 Å². The standard InChI is InChI=1S/C18H24S4Si2/c1-13-15(9-8-11-23(3)4)21-17(19-13)18-20-14(2)16(22-18)10-12-24(5,6)7/h23H,11H2,1-7H3. The van der Waals surface area contributed by atoms with E-state index in [0.717, 1.165) is 6.04 Å². The van der Waals surface area contributed by atoms with E-state index in [1.165, 1.54) is 28.1 Å². The van der Waals surface area contributed by atoms with E-state index in [9.17, 15) is 0 Å². The number of rotatable bonds is 1. The van der Waals surface area contributed by atoms with Crippen LogP contribution in [-0.2, 0) is 0 Å². The number of allylic oxidation sites excluding steroid dienone is 4. The van der Waals surface area contributed by atoms with Crippen LogP contribution in [0.3, 0.4) is 0 Å². The van der Waals surface area contributed by atoms with Crippen molar-refractivity contribution >= 4 is 63.9 Å². The van der Waals surface area contributed by atoms with E-state index in [2.05, 4.69) is 69.9 Å². The summed E-state index contributed by atoms with van der Waals surface area (Å²) in [7, 11) is -1.90. The van der Waals surface area contributed by atoms with Crippen LogP contribution in [0.5, 0.6) is 0 Å². The van der Waals surface area contributed by atoms with Crippen LogP contribution in [0.25, 0.3) is 0 Å². The quantitative estimate of drug-likeness (QED) is 0.331. The molecule has 0 aliphatic carbocycles. The summed E-state index contributed by atoms with van der Waals surface area (Å²) in [4.78, 5) is 5.19. The third kappa shape index (κ3) is 6.16. The van der Waals surface area contributed by atoms with Crippen LogP contribution in [0.1, 0.15) is 13.8 Å². The highest BCUT2D eigenvalue weighted by Gasteiger charge is 2.26. The van der Waals surface area contributed by atoms with Gasteiger partial charge in [-0.05, 0) is 13.8 Å². The van der Waals surface area contributed by atoms with E-state index >= 15 is 0 Å². The topological polar surface area (TPSA) is 0 Å². The second kappa shape index (κ2) is 8.71. The lowest BCUT2D eigenvalue weighted by molar-refractivity contribution is 1.66. The van der Waals surface area contributed by atoms with Gasteiger partial charge in [0, 0.05) is 24.7 Å². The first-order valence-corrected chi connectivity index (χ1v) is 17.9. The summed E-state index contributed by atoms with van der Waals surface area (Å²) in [5, 5.41) is 0. The summed E-state index contributed by atoms with van der Waals surface area (Å²) < 4.78 is 2.77. The molecular weight excluding hydrogens is 401 g/mol. The lowest BCUT2D eigenvalue weighted by Gasteiger charge is -2.03. The molecule has 0 unspecified atom stereocenters. The first-order valence-electron chi connectivity index (χ1n) is 8.05. The van der Waals surface area contributed by atoms with Gasteiger partial charge in [0.15, 0.2) is 0 Å². The zero-order valence-corrected chi connectivity index (χ0v) is 20.8. The first-order chi connectivity index (χ1) is 11.2. The monoisotopic (exact) mass is 424 g/mol. The van der Waals surface area contributed by atoms with Crippen molar-refractivity contribution in [2.45, 2.75) is 52.6 Å². The molecule has 0 spiro atoms. The van der Waals surface area contributed by atoms with Crippen molar-refractivity contribution in [1.29, 1.82) is 0 Å². The molecule has 0 aromatic carbocycles.